The number of halogens is 2. The van der Waals surface area contributed by atoms with Crippen LogP contribution in [0.2, 0.25) is 0 Å². The summed E-state index contributed by atoms with van der Waals surface area (Å²) < 4.78 is 35.4. The highest BCUT2D eigenvalue weighted by Crippen LogP contribution is 2.33. The van der Waals surface area contributed by atoms with E-state index in [1.807, 2.05) is 0 Å². The minimum Gasteiger partial charge on any atom is -0.493 e. The Morgan fingerprint density at radius 1 is 1.29 bits per heavy atom. The monoisotopic (exact) mass is 199 g/mol. The molecule has 1 rings (SSSR count). The summed E-state index contributed by atoms with van der Waals surface area (Å²) in [6.45, 7) is 0. The molecule has 0 aliphatic rings. The van der Waals surface area contributed by atoms with E-state index in [9.17, 15) is 8.78 Å². The predicted molar refractivity (Wildman–Crippen MR) is 44.2 cm³/mol. The van der Waals surface area contributed by atoms with Gasteiger partial charge in [0.05, 0.1) is 14.2 Å². The molecule has 0 fully saturated rings. The van der Waals surface area contributed by atoms with Crippen molar-refractivity contribution in [3.63, 3.8) is 0 Å². The Kier molecular flexibility index (Phi) is 2.87. The van der Waals surface area contributed by atoms with Crippen LogP contribution >= 0.6 is 0 Å². The van der Waals surface area contributed by atoms with Gasteiger partial charge in [-0.3, -0.25) is 0 Å². The van der Waals surface area contributed by atoms with Crippen LogP contribution < -0.4 is 9.47 Å². The lowest BCUT2D eigenvalue weighted by molar-refractivity contribution is 0.345. The topological polar surface area (TPSA) is 42.2 Å². The third-order valence-electron chi connectivity index (χ3n) is 1.67. The Hall–Kier alpha value is -1.83. The van der Waals surface area contributed by atoms with Crippen LogP contribution in [-0.2, 0) is 0 Å². The summed E-state index contributed by atoms with van der Waals surface area (Å²) in [5, 5.41) is 8.58. The molecule has 0 unspecified atom stereocenters. The van der Waals surface area contributed by atoms with Gasteiger partial charge in [0.1, 0.15) is 11.6 Å². The zero-order chi connectivity index (χ0) is 10.7. The number of hydrogen-bond donors (Lipinski definition) is 0. The molecule has 0 aromatic heterocycles. The highest BCUT2D eigenvalue weighted by Gasteiger charge is 2.19. The highest BCUT2D eigenvalue weighted by atomic mass is 19.2. The Morgan fingerprint density at radius 2 is 1.93 bits per heavy atom. The second-order valence-electron chi connectivity index (χ2n) is 2.39. The smallest absolute Gasteiger partial charge is 0.181 e. The molecule has 0 aliphatic heterocycles. The zero-order valence-corrected chi connectivity index (χ0v) is 7.60. The summed E-state index contributed by atoms with van der Waals surface area (Å²) in [4.78, 5) is 0. The average Bonchev–Trinajstić information content (AvgIpc) is 2.20. The van der Waals surface area contributed by atoms with Crippen molar-refractivity contribution in [3.05, 3.63) is 23.3 Å². The maximum atomic E-state index is 13.0. The van der Waals surface area contributed by atoms with Crippen LogP contribution in [0.4, 0.5) is 8.78 Å². The van der Waals surface area contributed by atoms with Crippen LogP contribution in [0.3, 0.4) is 0 Å². The zero-order valence-electron chi connectivity index (χ0n) is 7.60. The molecule has 0 bridgehead atoms. The normalized spacial score (nSPS) is 9.36. The van der Waals surface area contributed by atoms with Crippen molar-refractivity contribution in [1.29, 1.82) is 5.26 Å². The van der Waals surface area contributed by atoms with E-state index < -0.39 is 17.2 Å². The lowest BCUT2D eigenvalue weighted by atomic mass is 10.2. The second-order valence-corrected chi connectivity index (χ2v) is 2.39. The minimum absolute atomic E-state index is 0.0112. The molecule has 0 saturated heterocycles. The maximum absolute atomic E-state index is 13.0. The Balaban J connectivity index is 3.52. The summed E-state index contributed by atoms with van der Waals surface area (Å²) in [5.74, 6) is -2.48. The first kappa shape index (κ1) is 10.3. The van der Waals surface area contributed by atoms with Crippen molar-refractivity contribution in [3.8, 4) is 17.6 Å². The SMILES string of the molecule is COc1cc(F)c(F)c(C#N)c1OC. The van der Waals surface area contributed by atoms with E-state index in [0.29, 0.717) is 0 Å². The molecule has 0 amide bonds. The molecule has 0 N–H and O–H groups in total. The minimum atomic E-state index is -1.23. The highest BCUT2D eigenvalue weighted by molar-refractivity contribution is 5.53. The first-order chi connectivity index (χ1) is 6.65. The molecule has 74 valence electrons. The van der Waals surface area contributed by atoms with E-state index in [2.05, 4.69) is 0 Å². The van der Waals surface area contributed by atoms with Gasteiger partial charge < -0.3 is 9.47 Å². The largest absolute Gasteiger partial charge is 0.493 e. The van der Waals surface area contributed by atoms with Gasteiger partial charge in [0, 0.05) is 6.07 Å². The lowest BCUT2D eigenvalue weighted by Crippen LogP contribution is -1.99. The van der Waals surface area contributed by atoms with E-state index >= 15 is 0 Å². The fourth-order valence-corrected chi connectivity index (χ4v) is 1.04. The van der Waals surface area contributed by atoms with Gasteiger partial charge >= 0.3 is 0 Å². The Morgan fingerprint density at radius 3 is 2.36 bits per heavy atom. The van der Waals surface area contributed by atoms with Crippen molar-refractivity contribution < 1.29 is 18.3 Å². The van der Waals surface area contributed by atoms with E-state index in [1.54, 1.807) is 0 Å². The average molecular weight is 199 g/mol. The van der Waals surface area contributed by atoms with Gasteiger partial charge in [-0.1, -0.05) is 0 Å². The fraction of sp³-hybridized carbons (Fsp3) is 0.222. The third-order valence-corrected chi connectivity index (χ3v) is 1.67. The molecule has 0 aliphatic carbocycles. The molecule has 3 nitrogen and oxygen atoms in total. The van der Waals surface area contributed by atoms with Crippen molar-refractivity contribution in [1.82, 2.24) is 0 Å². The number of benzene rings is 1. The van der Waals surface area contributed by atoms with Gasteiger partial charge in [-0.15, -0.1) is 0 Å². The summed E-state index contributed by atoms with van der Waals surface area (Å²) >= 11 is 0. The van der Waals surface area contributed by atoms with E-state index in [0.717, 1.165) is 6.07 Å². The van der Waals surface area contributed by atoms with Crippen LogP contribution in [-0.4, -0.2) is 14.2 Å². The van der Waals surface area contributed by atoms with Crippen LogP contribution in [0.5, 0.6) is 11.5 Å². The van der Waals surface area contributed by atoms with E-state index in [4.69, 9.17) is 14.7 Å². The predicted octanol–water partition coefficient (Wildman–Crippen LogP) is 1.85. The van der Waals surface area contributed by atoms with Crippen LogP contribution in [0, 0.1) is 23.0 Å². The van der Waals surface area contributed by atoms with Crippen molar-refractivity contribution in [2.24, 2.45) is 0 Å². The maximum Gasteiger partial charge on any atom is 0.181 e. The van der Waals surface area contributed by atoms with Gasteiger partial charge in [0.15, 0.2) is 23.1 Å². The number of nitrogens with zero attached hydrogens (tertiary/aromatic N) is 1. The van der Waals surface area contributed by atoms with Gasteiger partial charge in [0.2, 0.25) is 0 Å². The summed E-state index contributed by atoms with van der Waals surface area (Å²) in [6, 6.07) is 2.34. The third kappa shape index (κ3) is 1.46. The molecule has 0 radical (unpaired) electrons. The quantitative estimate of drug-likeness (QED) is 0.729. The Bertz CT molecular complexity index is 399. The number of rotatable bonds is 2. The molecular formula is C9H7F2NO2. The first-order valence-corrected chi connectivity index (χ1v) is 3.65. The van der Waals surface area contributed by atoms with Gasteiger partial charge in [-0.25, -0.2) is 8.78 Å². The van der Waals surface area contributed by atoms with Crippen molar-refractivity contribution in [2.45, 2.75) is 0 Å². The van der Waals surface area contributed by atoms with E-state index in [1.165, 1.54) is 20.3 Å². The summed E-state index contributed by atoms with van der Waals surface area (Å²) in [7, 11) is 2.52. The number of nitriles is 1. The summed E-state index contributed by atoms with van der Waals surface area (Å²) in [5.41, 5.74) is -0.496. The van der Waals surface area contributed by atoms with E-state index in [-0.39, 0.29) is 11.5 Å². The molecule has 0 spiro atoms. The summed E-state index contributed by atoms with van der Waals surface area (Å²) in [6.07, 6.45) is 0. The molecule has 1 aromatic carbocycles. The van der Waals surface area contributed by atoms with Gasteiger partial charge in [0.25, 0.3) is 0 Å². The fourth-order valence-electron chi connectivity index (χ4n) is 1.04. The number of hydrogen-bond acceptors (Lipinski definition) is 3. The van der Waals surface area contributed by atoms with Crippen molar-refractivity contribution in [2.75, 3.05) is 14.2 Å². The molecule has 0 heterocycles. The molecule has 0 saturated carbocycles. The lowest BCUT2D eigenvalue weighted by Gasteiger charge is -2.09. The molecule has 14 heavy (non-hydrogen) atoms. The van der Waals surface area contributed by atoms with Crippen LogP contribution in [0.25, 0.3) is 0 Å². The van der Waals surface area contributed by atoms with Crippen LogP contribution in [0.15, 0.2) is 6.07 Å². The number of methoxy groups -OCH3 is 2. The first-order valence-electron chi connectivity index (χ1n) is 3.65. The molecular weight excluding hydrogens is 192 g/mol. The van der Waals surface area contributed by atoms with Gasteiger partial charge in [-0.05, 0) is 0 Å². The molecule has 0 atom stereocenters. The molecule has 5 heteroatoms. The number of ether oxygens (including phenoxy) is 2. The molecule has 1 aromatic rings. The second kappa shape index (κ2) is 3.92. The van der Waals surface area contributed by atoms with Crippen molar-refractivity contribution >= 4 is 0 Å². The van der Waals surface area contributed by atoms with Gasteiger partial charge in [-0.2, -0.15) is 5.26 Å². The standard InChI is InChI=1S/C9H7F2NO2/c1-13-7-3-6(10)8(11)5(4-12)9(7)14-2/h3H,1-2H3. The van der Waals surface area contributed by atoms with Crippen LogP contribution in [0.1, 0.15) is 5.56 Å². The Labute approximate surface area is 79.5 Å².